The van der Waals surface area contributed by atoms with Gasteiger partial charge in [0.1, 0.15) is 6.33 Å². The van der Waals surface area contributed by atoms with E-state index >= 15 is 0 Å². The summed E-state index contributed by atoms with van der Waals surface area (Å²) in [5.41, 5.74) is 5.41. The maximum absolute atomic E-state index is 13.4. The Bertz CT molecular complexity index is 812. The Balaban J connectivity index is 2.62. The second-order valence-corrected chi connectivity index (χ2v) is 5.14. The van der Waals surface area contributed by atoms with Crippen molar-refractivity contribution < 1.29 is 22.7 Å². The molecule has 0 amide bonds. The summed E-state index contributed by atoms with van der Waals surface area (Å²) < 4.78 is 45.8. The van der Waals surface area contributed by atoms with Crippen molar-refractivity contribution in [2.75, 3.05) is 12.3 Å². The van der Waals surface area contributed by atoms with Gasteiger partial charge in [-0.05, 0) is 31.1 Å². The Morgan fingerprint density at radius 3 is 2.60 bits per heavy atom. The molecule has 2 rings (SSSR count). The average Bonchev–Trinajstić information content (AvgIpc) is 3.03. The molecule has 1 aromatic carbocycles. The fourth-order valence-electron chi connectivity index (χ4n) is 2.19. The van der Waals surface area contributed by atoms with Crippen molar-refractivity contribution in [3.63, 3.8) is 0 Å². The number of nitrogens with zero attached hydrogens (tertiary/aromatic N) is 3. The van der Waals surface area contributed by atoms with Gasteiger partial charge < -0.3 is 10.5 Å². The van der Waals surface area contributed by atoms with Crippen molar-refractivity contribution in [3.8, 4) is 5.69 Å². The quantitative estimate of drug-likeness (QED) is 0.657. The van der Waals surface area contributed by atoms with E-state index in [9.17, 15) is 18.0 Å². The van der Waals surface area contributed by atoms with Crippen LogP contribution in [0.5, 0.6) is 0 Å². The fourth-order valence-corrected chi connectivity index (χ4v) is 2.19. The van der Waals surface area contributed by atoms with Crippen molar-refractivity contribution in [2.24, 2.45) is 0 Å². The number of esters is 1. The van der Waals surface area contributed by atoms with E-state index in [0.29, 0.717) is 17.6 Å². The largest absolute Gasteiger partial charge is 0.460 e. The van der Waals surface area contributed by atoms with E-state index in [1.165, 1.54) is 6.07 Å². The highest BCUT2D eigenvalue weighted by molar-refractivity contribution is 5.85. The third kappa shape index (κ3) is 3.81. The average molecular weight is 354 g/mol. The van der Waals surface area contributed by atoms with E-state index in [-0.39, 0.29) is 23.8 Å². The van der Waals surface area contributed by atoms with Crippen molar-refractivity contribution in [2.45, 2.75) is 26.4 Å². The first kappa shape index (κ1) is 18.5. The summed E-state index contributed by atoms with van der Waals surface area (Å²) in [6.07, 6.45) is -3.13. The van der Waals surface area contributed by atoms with Gasteiger partial charge in [-0.15, -0.1) is 5.10 Å². The Hall–Kier alpha value is -2.84. The lowest BCUT2D eigenvalue weighted by Gasteiger charge is -2.17. The van der Waals surface area contributed by atoms with E-state index in [2.05, 4.69) is 16.7 Å². The number of nitrogens with two attached hydrogens (primary N) is 1. The van der Waals surface area contributed by atoms with E-state index in [4.69, 9.17) is 10.5 Å². The summed E-state index contributed by atoms with van der Waals surface area (Å²) >= 11 is 0. The second-order valence-electron chi connectivity index (χ2n) is 5.14. The third-order valence-corrected chi connectivity index (χ3v) is 3.48. The molecule has 0 radical (unpaired) electrons. The molecule has 0 aliphatic heterocycles. The minimum Gasteiger partial charge on any atom is -0.460 e. The lowest BCUT2D eigenvalue weighted by atomic mass is 9.99. The zero-order valence-corrected chi connectivity index (χ0v) is 13.7. The highest BCUT2D eigenvalue weighted by Crippen LogP contribution is 2.38. The summed E-state index contributed by atoms with van der Waals surface area (Å²) in [5, 5.41) is 3.79. The van der Waals surface area contributed by atoms with Gasteiger partial charge >= 0.3 is 12.1 Å². The number of carbonyl (C=O) groups excluding carboxylic acids is 1. The Morgan fingerprint density at radius 1 is 1.36 bits per heavy atom. The van der Waals surface area contributed by atoms with Gasteiger partial charge in [-0.3, -0.25) is 0 Å². The number of hydrogen-bond donors (Lipinski definition) is 1. The molecule has 0 spiro atoms. The van der Waals surface area contributed by atoms with Crippen LogP contribution >= 0.6 is 0 Å². The number of nitrogen functional groups attached to an aromatic ring is 1. The number of hydrogen-bond acceptors (Lipinski definition) is 5. The van der Waals surface area contributed by atoms with Crippen LogP contribution in [0.4, 0.5) is 18.9 Å². The molecule has 1 aromatic heterocycles. The number of ether oxygens (including phenoxy) is 1. The molecule has 0 aliphatic carbocycles. The van der Waals surface area contributed by atoms with Gasteiger partial charge in [0.15, 0.2) is 0 Å². The van der Waals surface area contributed by atoms with Gasteiger partial charge in [0, 0.05) is 11.3 Å². The number of aromatic nitrogens is 3. The molecule has 0 saturated carbocycles. The standard InChI is InChI=1S/C16H17F3N4O2/c1-4-9(3)10-6-13(11(7-12(10)20)16(17,18)19)23-8-21-14(22-23)15(24)25-5-2/h6-8H,3-5,20H2,1-2H3. The van der Waals surface area contributed by atoms with Crippen LogP contribution in [0, 0.1) is 0 Å². The van der Waals surface area contributed by atoms with Crippen molar-refractivity contribution in [1.29, 1.82) is 0 Å². The van der Waals surface area contributed by atoms with Crippen LogP contribution < -0.4 is 5.73 Å². The summed E-state index contributed by atoms with van der Waals surface area (Å²) in [6.45, 7) is 7.32. The van der Waals surface area contributed by atoms with Crippen LogP contribution in [-0.2, 0) is 10.9 Å². The molecule has 9 heteroatoms. The first-order chi connectivity index (χ1) is 11.7. The van der Waals surface area contributed by atoms with E-state index in [1.807, 2.05) is 6.92 Å². The normalized spacial score (nSPS) is 11.4. The molecule has 0 unspecified atom stereocenters. The maximum atomic E-state index is 13.4. The van der Waals surface area contributed by atoms with Gasteiger partial charge in [-0.2, -0.15) is 13.2 Å². The van der Waals surface area contributed by atoms with Crippen LogP contribution in [0.1, 0.15) is 42.0 Å². The highest BCUT2D eigenvalue weighted by Gasteiger charge is 2.35. The molecule has 0 fully saturated rings. The molecule has 134 valence electrons. The van der Waals surface area contributed by atoms with Gasteiger partial charge in [0.2, 0.25) is 0 Å². The Labute approximate surface area is 142 Å². The molecule has 25 heavy (non-hydrogen) atoms. The van der Waals surface area contributed by atoms with Crippen LogP contribution in [0.25, 0.3) is 11.3 Å². The van der Waals surface area contributed by atoms with Gasteiger partial charge in [-0.25, -0.2) is 14.5 Å². The van der Waals surface area contributed by atoms with Gasteiger partial charge in [0.25, 0.3) is 5.82 Å². The van der Waals surface area contributed by atoms with Crippen molar-refractivity contribution in [3.05, 3.63) is 42.0 Å². The van der Waals surface area contributed by atoms with Crippen molar-refractivity contribution in [1.82, 2.24) is 14.8 Å². The van der Waals surface area contributed by atoms with Crippen LogP contribution in [0.15, 0.2) is 25.0 Å². The van der Waals surface area contributed by atoms with E-state index in [1.54, 1.807) is 6.92 Å². The van der Waals surface area contributed by atoms with E-state index in [0.717, 1.165) is 17.1 Å². The topological polar surface area (TPSA) is 83.0 Å². The van der Waals surface area contributed by atoms with E-state index < -0.39 is 17.7 Å². The highest BCUT2D eigenvalue weighted by atomic mass is 19.4. The lowest BCUT2D eigenvalue weighted by Crippen LogP contribution is -2.14. The molecule has 2 N–H and O–H groups in total. The molecule has 2 aromatic rings. The number of allylic oxidation sites excluding steroid dienone is 1. The molecule has 0 aliphatic rings. The monoisotopic (exact) mass is 354 g/mol. The number of rotatable bonds is 5. The molecular weight excluding hydrogens is 337 g/mol. The number of alkyl halides is 3. The second kappa shape index (κ2) is 6.96. The molecule has 0 atom stereocenters. The lowest BCUT2D eigenvalue weighted by molar-refractivity contribution is -0.137. The van der Waals surface area contributed by atoms with Crippen molar-refractivity contribution >= 4 is 17.2 Å². The summed E-state index contributed by atoms with van der Waals surface area (Å²) in [5.74, 6) is -1.15. The summed E-state index contributed by atoms with van der Waals surface area (Å²) in [6, 6.07) is 2.07. The molecule has 0 saturated heterocycles. The smallest absolute Gasteiger partial charge is 0.418 e. The van der Waals surface area contributed by atoms with Crippen LogP contribution in [0.3, 0.4) is 0 Å². The number of anilines is 1. The minimum atomic E-state index is -4.66. The predicted octanol–water partition coefficient (Wildman–Crippen LogP) is 3.47. The fraction of sp³-hybridized carbons (Fsp3) is 0.312. The van der Waals surface area contributed by atoms with Gasteiger partial charge in [0.05, 0.1) is 17.9 Å². The zero-order chi connectivity index (χ0) is 18.8. The molecule has 0 bridgehead atoms. The third-order valence-electron chi connectivity index (χ3n) is 3.48. The number of halogens is 3. The predicted molar refractivity (Wildman–Crippen MR) is 86.1 cm³/mol. The SMILES string of the molecule is C=C(CC)c1cc(-n2cnc(C(=O)OCC)n2)c(C(F)(F)F)cc1N. The first-order valence-electron chi connectivity index (χ1n) is 7.47. The Morgan fingerprint density at radius 2 is 2.04 bits per heavy atom. The summed E-state index contributed by atoms with van der Waals surface area (Å²) in [7, 11) is 0. The number of benzene rings is 1. The van der Waals surface area contributed by atoms with Crippen LogP contribution in [-0.4, -0.2) is 27.3 Å². The maximum Gasteiger partial charge on any atom is 0.418 e. The Kier molecular flexibility index (Phi) is 5.15. The minimum absolute atomic E-state index is 0.0337. The first-order valence-corrected chi connectivity index (χ1v) is 7.47. The van der Waals surface area contributed by atoms with Crippen LogP contribution in [0.2, 0.25) is 0 Å². The zero-order valence-electron chi connectivity index (χ0n) is 13.7. The number of carbonyl (C=O) groups is 1. The summed E-state index contributed by atoms with van der Waals surface area (Å²) in [4.78, 5) is 15.3. The molecule has 1 heterocycles. The van der Waals surface area contributed by atoms with Gasteiger partial charge in [-0.1, -0.05) is 13.5 Å². The molecular formula is C16H17F3N4O2. The molecule has 6 nitrogen and oxygen atoms in total.